The van der Waals surface area contributed by atoms with Crippen LogP contribution in [0, 0.1) is 11.7 Å². The van der Waals surface area contributed by atoms with Gasteiger partial charge in [-0.2, -0.15) is 0 Å². The topological polar surface area (TPSA) is 67.7 Å². The summed E-state index contributed by atoms with van der Waals surface area (Å²) in [6.07, 6.45) is 3.88. The van der Waals surface area contributed by atoms with Crippen LogP contribution in [0.3, 0.4) is 0 Å². The maximum absolute atomic E-state index is 14.6. The lowest BCUT2D eigenvalue weighted by Gasteiger charge is -2.34. The Morgan fingerprint density at radius 2 is 1.44 bits per heavy atom. The zero-order valence-electron chi connectivity index (χ0n) is 20.8. The number of carbonyl (C=O) groups excluding carboxylic acids is 3. The number of amides is 1. The van der Waals surface area contributed by atoms with Crippen molar-refractivity contribution in [2.45, 2.75) is 17.5 Å². The zero-order chi connectivity index (χ0) is 26.7. The van der Waals surface area contributed by atoms with Crippen LogP contribution in [-0.4, -0.2) is 23.5 Å². The normalized spacial score (nSPS) is 26.0. The number of Topliss-reactive ketones (excluding diaryl/α,β-unsaturated/α-hetero) is 2. The molecule has 3 aliphatic heterocycles. The summed E-state index contributed by atoms with van der Waals surface area (Å²) in [4.78, 5) is 44.1. The average molecular weight is 516 g/mol. The van der Waals surface area contributed by atoms with E-state index in [0.29, 0.717) is 16.8 Å². The summed E-state index contributed by atoms with van der Waals surface area (Å²) in [5.74, 6) is -2.39. The standard InChI is InChI=1S/C33H23FN2O3/c34-23-16-14-22(15-17-23)29(37)27-28(30(38)21-9-2-1-3-10-21)36-19-18-20-8-4-5-11-24(20)31(36)33(27)25-12-6-7-13-26(25)35-32(33)39/h1-19,27-28,31H,(H,35,39)/p+1/t27-,28-,31-,33+/m1/s1. The van der Waals surface area contributed by atoms with Gasteiger partial charge in [-0.15, -0.1) is 0 Å². The van der Waals surface area contributed by atoms with E-state index in [0.717, 1.165) is 16.0 Å². The molecule has 6 heteroatoms. The molecule has 0 aromatic heterocycles. The number of nitrogens with one attached hydrogen (secondary N) is 2. The average Bonchev–Trinajstić information content (AvgIpc) is 3.45. The molecule has 1 unspecified atom stereocenters. The van der Waals surface area contributed by atoms with Crippen molar-refractivity contribution in [3.8, 4) is 0 Å². The van der Waals surface area contributed by atoms with Gasteiger partial charge in [0.15, 0.2) is 11.8 Å². The summed E-state index contributed by atoms with van der Waals surface area (Å²) in [5.41, 5.74) is 2.56. The molecule has 2 N–H and O–H groups in total. The van der Waals surface area contributed by atoms with E-state index in [9.17, 15) is 18.8 Å². The molecule has 0 radical (unpaired) electrons. The molecule has 1 amide bonds. The molecular weight excluding hydrogens is 491 g/mol. The third-order valence-corrected chi connectivity index (χ3v) is 8.48. The van der Waals surface area contributed by atoms with Crippen molar-refractivity contribution < 1.29 is 23.7 Å². The zero-order valence-corrected chi connectivity index (χ0v) is 20.8. The molecule has 0 bridgehead atoms. The number of ketones is 2. The van der Waals surface area contributed by atoms with Gasteiger partial charge in [0.05, 0.1) is 6.20 Å². The summed E-state index contributed by atoms with van der Waals surface area (Å²) in [6, 6.07) is 28.1. The largest absolute Gasteiger partial charge is 0.325 e. The van der Waals surface area contributed by atoms with E-state index < -0.39 is 29.2 Å². The van der Waals surface area contributed by atoms with E-state index in [1.165, 1.54) is 24.3 Å². The first-order chi connectivity index (χ1) is 19.0. The van der Waals surface area contributed by atoms with Crippen molar-refractivity contribution in [3.63, 3.8) is 0 Å². The highest BCUT2D eigenvalue weighted by Crippen LogP contribution is 2.55. The van der Waals surface area contributed by atoms with Crippen LogP contribution in [0.2, 0.25) is 0 Å². The van der Waals surface area contributed by atoms with Crippen LogP contribution >= 0.6 is 0 Å². The monoisotopic (exact) mass is 515 g/mol. The second-order valence-electron chi connectivity index (χ2n) is 10.3. The van der Waals surface area contributed by atoms with Crippen molar-refractivity contribution in [2.75, 3.05) is 5.32 Å². The fourth-order valence-electron chi connectivity index (χ4n) is 6.95. The fourth-order valence-corrected chi connectivity index (χ4v) is 6.95. The number of para-hydroxylation sites is 1. The molecule has 4 aromatic carbocycles. The lowest BCUT2D eigenvalue weighted by atomic mass is 9.62. The van der Waals surface area contributed by atoms with Crippen molar-refractivity contribution in [2.24, 2.45) is 5.92 Å². The van der Waals surface area contributed by atoms with Crippen LogP contribution in [0.4, 0.5) is 10.1 Å². The van der Waals surface area contributed by atoms with Gasteiger partial charge in [-0.1, -0.05) is 72.8 Å². The van der Waals surface area contributed by atoms with Crippen molar-refractivity contribution in [3.05, 3.63) is 143 Å². The van der Waals surface area contributed by atoms with Gasteiger partial charge in [-0.3, -0.25) is 19.3 Å². The summed E-state index contributed by atoms with van der Waals surface area (Å²) in [7, 11) is 0. The first kappa shape index (κ1) is 23.4. The molecule has 1 spiro atoms. The Labute approximate surface area is 224 Å². The Morgan fingerprint density at radius 1 is 0.769 bits per heavy atom. The Kier molecular flexibility index (Phi) is 5.22. The number of hydrogen-bond acceptors (Lipinski definition) is 3. The van der Waals surface area contributed by atoms with E-state index >= 15 is 0 Å². The number of quaternary nitrogens is 1. The molecule has 0 aliphatic carbocycles. The fraction of sp³-hybridized carbons (Fsp3) is 0.121. The molecule has 4 aromatic rings. The van der Waals surface area contributed by atoms with E-state index in [2.05, 4.69) is 5.32 Å². The number of rotatable bonds is 4. The molecule has 39 heavy (non-hydrogen) atoms. The summed E-state index contributed by atoms with van der Waals surface area (Å²) in [5, 5.41) is 3.04. The molecule has 3 heterocycles. The van der Waals surface area contributed by atoms with Crippen LogP contribution in [0.5, 0.6) is 0 Å². The number of fused-ring (bicyclic) bond motifs is 6. The summed E-state index contributed by atoms with van der Waals surface area (Å²) < 4.78 is 13.9. The van der Waals surface area contributed by atoms with Gasteiger partial charge < -0.3 is 5.32 Å². The van der Waals surface area contributed by atoms with Crippen LogP contribution < -0.4 is 10.2 Å². The molecule has 0 saturated carbocycles. The highest BCUT2D eigenvalue weighted by Gasteiger charge is 2.74. The molecule has 190 valence electrons. The highest BCUT2D eigenvalue weighted by molar-refractivity contribution is 6.15. The minimum atomic E-state index is -1.37. The molecular formula is C33H24FN2O3+. The van der Waals surface area contributed by atoms with Gasteiger partial charge in [0.2, 0.25) is 11.7 Å². The van der Waals surface area contributed by atoms with Gasteiger partial charge in [-0.05, 0) is 47.5 Å². The first-order valence-corrected chi connectivity index (χ1v) is 13.0. The lowest BCUT2D eigenvalue weighted by Crippen LogP contribution is -3.12. The van der Waals surface area contributed by atoms with Crippen molar-refractivity contribution in [1.82, 2.24) is 0 Å². The van der Waals surface area contributed by atoms with E-state index in [-0.39, 0.29) is 23.0 Å². The predicted octanol–water partition coefficient (Wildman–Crippen LogP) is 4.39. The molecule has 1 saturated heterocycles. The summed E-state index contributed by atoms with van der Waals surface area (Å²) >= 11 is 0. The van der Waals surface area contributed by atoms with Crippen molar-refractivity contribution in [1.29, 1.82) is 0 Å². The van der Waals surface area contributed by atoms with E-state index in [4.69, 9.17) is 0 Å². The third kappa shape index (κ3) is 3.25. The van der Waals surface area contributed by atoms with Gasteiger partial charge in [-0.25, -0.2) is 4.39 Å². The maximum Gasteiger partial charge on any atom is 0.242 e. The number of benzene rings is 4. The quantitative estimate of drug-likeness (QED) is 0.396. The Balaban J connectivity index is 1.54. The molecule has 7 rings (SSSR count). The minimum absolute atomic E-state index is 0.214. The van der Waals surface area contributed by atoms with Gasteiger partial charge in [0, 0.05) is 22.4 Å². The maximum atomic E-state index is 14.6. The Bertz CT molecular complexity index is 1680. The van der Waals surface area contributed by atoms with Crippen LogP contribution in [0.1, 0.15) is 43.4 Å². The molecule has 5 atom stereocenters. The second-order valence-corrected chi connectivity index (χ2v) is 10.3. The highest BCUT2D eigenvalue weighted by atomic mass is 19.1. The minimum Gasteiger partial charge on any atom is -0.325 e. The molecule has 3 aliphatic rings. The lowest BCUT2D eigenvalue weighted by molar-refractivity contribution is -0.884. The van der Waals surface area contributed by atoms with Gasteiger partial charge >= 0.3 is 0 Å². The van der Waals surface area contributed by atoms with Crippen molar-refractivity contribution >= 4 is 29.2 Å². The Hall–Kier alpha value is -4.68. The molecule has 1 fully saturated rings. The summed E-state index contributed by atoms with van der Waals surface area (Å²) in [6.45, 7) is 0. The first-order valence-electron chi connectivity index (χ1n) is 13.0. The van der Waals surface area contributed by atoms with Crippen LogP contribution in [0.25, 0.3) is 6.08 Å². The number of carbonyl (C=O) groups is 3. The number of halogens is 1. The van der Waals surface area contributed by atoms with E-state index in [1.54, 1.807) is 24.3 Å². The number of anilines is 1. The van der Waals surface area contributed by atoms with Crippen LogP contribution in [0.15, 0.2) is 109 Å². The number of hydrogen-bond donors (Lipinski definition) is 2. The second kappa shape index (κ2) is 8.68. The van der Waals surface area contributed by atoms with Crippen LogP contribution in [-0.2, 0) is 10.2 Å². The third-order valence-electron chi connectivity index (χ3n) is 8.48. The Morgan fingerprint density at radius 3 is 2.23 bits per heavy atom. The van der Waals surface area contributed by atoms with Gasteiger partial charge in [0.25, 0.3) is 0 Å². The SMILES string of the molecule is O=C(c1ccccc1)[C@H]1[C@H](C(=O)c2ccc(F)cc2)[C@]2(C(=O)Nc3ccccc32)[C@H]2c3ccccc3C=C[NH+]12. The van der Waals surface area contributed by atoms with E-state index in [1.807, 2.05) is 66.9 Å². The molecule has 5 nitrogen and oxygen atoms in total. The smallest absolute Gasteiger partial charge is 0.242 e. The van der Waals surface area contributed by atoms with Gasteiger partial charge in [0.1, 0.15) is 23.2 Å². The predicted molar refractivity (Wildman–Crippen MR) is 145 cm³/mol.